The van der Waals surface area contributed by atoms with Gasteiger partial charge in [-0.25, -0.2) is 0 Å². The van der Waals surface area contributed by atoms with E-state index in [1.165, 1.54) is 5.56 Å². The molecule has 0 nitrogen and oxygen atoms in total. The zero-order chi connectivity index (χ0) is 11.5. The topological polar surface area (TPSA) is 0 Å². The summed E-state index contributed by atoms with van der Waals surface area (Å²) in [5.74, 6) is 0. The van der Waals surface area contributed by atoms with Gasteiger partial charge in [-0.3, -0.25) is 0 Å². The summed E-state index contributed by atoms with van der Waals surface area (Å²) in [5.41, 5.74) is 4.14. The van der Waals surface area contributed by atoms with Crippen LogP contribution in [0, 0.1) is 12.0 Å². The fourth-order valence-electron chi connectivity index (χ4n) is 1.25. The van der Waals surface area contributed by atoms with E-state index in [1.807, 2.05) is 42.5 Å². The van der Waals surface area contributed by atoms with Gasteiger partial charge in [0, 0.05) is 0 Å². The maximum absolute atomic E-state index is 5.19. The molecule has 0 aliphatic heterocycles. The first-order valence-corrected chi connectivity index (χ1v) is 7.11. The van der Waals surface area contributed by atoms with Gasteiger partial charge in [0.1, 0.15) is 9.52 Å². The molecule has 0 amide bonds. The molecule has 0 unspecified atom stereocenters. The molecule has 1 heteroatoms. The lowest BCUT2D eigenvalue weighted by atomic mass is 10.2. The molecule has 2 aromatic rings. The number of hydrogen-bond donors (Lipinski definition) is 0. The molecule has 0 aliphatic rings. The summed E-state index contributed by atoms with van der Waals surface area (Å²) in [5, 5.41) is 0. The number of terminal acetylenes is 1. The van der Waals surface area contributed by atoms with Crippen molar-refractivity contribution in [2.24, 2.45) is 0 Å². The Hall–Kier alpha value is -1.78. The highest BCUT2D eigenvalue weighted by Crippen LogP contribution is 1.97. The molecule has 0 aromatic heterocycles. The zero-order valence-corrected chi connectivity index (χ0v) is 10.8. The predicted molar refractivity (Wildman–Crippen MR) is 74.0 cm³/mol. The predicted octanol–water partition coefficient (Wildman–Crippen LogP) is 2.63. The van der Waals surface area contributed by atoms with E-state index in [4.69, 9.17) is 6.42 Å². The smallest absolute Gasteiger partial charge is 0.111 e. The minimum atomic E-state index is -0.249. The standard InChI is InChI=1S/C9H10Si.C6H6/c1-2-10-8-9-6-4-3-5-7-9;1-2-4-6-5-3-1/h1,3-7H,8,10H2;1-6H. The molecule has 0 aliphatic carbocycles. The Bertz CT molecular complexity index is 374. The Labute approximate surface area is 100 Å². The second-order valence-corrected chi connectivity index (χ2v) is 4.75. The second-order valence-electron chi connectivity index (χ2n) is 3.34. The van der Waals surface area contributed by atoms with Crippen LogP contribution in [0.15, 0.2) is 66.7 Å². The summed E-state index contributed by atoms with van der Waals surface area (Å²) in [4.78, 5) is 0. The first-order valence-electron chi connectivity index (χ1n) is 5.41. The molecule has 0 fully saturated rings. The van der Waals surface area contributed by atoms with Crippen molar-refractivity contribution in [2.75, 3.05) is 0 Å². The summed E-state index contributed by atoms with van der Waals surface area (Å²) >= 11 is 0. The van der Waals surface area contributed by atoms with E-state index in [0.717, 1.165) is 6.04 Å². The molecular formula is C15H16Si. The molecule has 0 radical (unpaired) electrons. The van der Waals surface area contributed by atoms with E-state index in [9.17, 15) is 0 Å². The quantitative estimate of drug-likeness (QED) is 0.543. The van der Waals surface area contributed by atoms with Crippen molar-refractivity contribution in [3.05, 3.63) is 72.3 Å². The van der Waals surface area contributed by atoms with Gasteiger partial charge in [-0.1, -0.05) is 72.3 Å². The van der Waals surface area contributed by atoms with Gasteiger partial charge in [-0.05, 0) is 6.04 Å². The molecule has 0 saturated heterocycles. The minimum Gasteiger partial charge on any atom is -0.143 e. The van der Waals surface area contributed by atoms with Crippen molar-refractivity contribution in [3.63, 3.8) is 0 Å². The molecule has 0 spiro atoms. The minimum absolute atomic E-state index is 0.249. The molecule has 0 saturated carbocycles. The molecule has 0 N–H and O–H groups in total. The largest absolute Gasteiger partial charge is 0.143 e. The highest BCUT2D eigenvalue weighted by Gasteiger charge is 1.87. The summed E-state index contributed by atoms with van der Waals surface area (Å²) in [6, 6.07) is 23.5. The molecule has 80 valence electrons. The van der Waals surface area contributed by atoms with Crippen LogP contribution in [0.4, 0.5) is 0 Å². The monoisotopic (exact) mass is 224 g/mol. The molecule has 2 aromatic carbocycles. The Morgan fingerprint density at radius 3 is 1.69 bits per heavy atom. The highest BCUT2D eigenvalue weighted by molar-refractivity contribution is 6.45. The van der Waals surface area contributed by atoms with Crippen molar-refractivity contribution in [1.82, 2.24) is 0 Å². The first kappa shape index (κ1) is 12.3. The van der Waals surface area contributed by atoms with Crippen molar-refractivity contribution in [2.45, 2.75) is 6.04 Å². The van der Waals surface area contributed by atoms with E-state index in [1.54, 1.807) is 0 Å². The van der Waals surface area contributed by atoms with Crippen LogP contribution in [0.3, 0.4) is 0 Å². The van der Waals surface area contributed by atoms with Gasteiger partial charge in [-0.2, -0.15) is 0 Å². The maximum Gasteiger partial charge on any atom is 0.111 e. The Balaban J connectivity index is 0.000000181. The van der Waals surface area contributed by atoms with Crippen LogP contribution < -0.4 is 0 Å². The van der Waals surface area contributed by atoms with E-state index in [0.29, 0.717) is 0 Å². The summed E-state index contributed by atoms with van der Waals surface area (Å²) in [6.45, 7) is 0. The Kier molecular flexibility index (Phi) is 6.54. The van der Waals surface area contributed by atoms with Gasteiger partial charge in [0.05, 0.1) is 0 Å². The van der Waals surface area contributed by atoms with Crippen LogP contribution >= 0.6 is 0 Å². The van der Waals surface area contributed by atoms with E-state index >= 15 is 0 Å². The lowest BCUT2D eigenvalue weighted by Crippen LogP contribution is -1.91. The van der Waals surface area contributed by atoms with E-state index in [-0.39, 0.29) is 9.52 Å². The molecule has 16 heavy (non-hydrogen) atoms. The number of benzene rings is 2. The van der Waals surface area contributed by atoms with Gasteiger partial charge in [0.2, 0.25) is 0 Å². The summed E-state index contributed by atoms with van der Waals surface area (Å²) in [6.07, 6.45) is 5.19. The molecule has 2 rings (SSSR count). The fourth-order valence-corrected chi connectivity index (χ4v) is 2.01. The van der Waals surface area contributed by atoms with Crippen LogP contribution in [0.25, 0.3) is 0 Å². The van der Waals surface area contributed by atoms with Crippen molar-refractivity contribution in [1.29, 1.82) is 0 Å². The van der Waals surface area contributed by atoms with Crippen LogP contribution in [0.1, 0.15) is 5.56 Å². The SMILES string of the molecule is C#C[SiH2]Cc1ccccc1.c1ccccc1. The third kappa shape index (κ3) is 5.84. The van der Waals surface area contributed by atoms with Crippen LogP contribution in [-0.2, 0) is 6.04 Å². The van der Waals surface area contributed by atoms with Gasteiger partial charge in [-0.15, -0.1) is 12.0 Å². The van der Waals surface area contributed by atoms with Gasteiger partial charge in [0.25, 0.3) is 0 Å². The van der Waals surface area contributed by atoms with Crippen molar-refractivity contribution < 1.29 is 0 Å². The summed E-state index contributed by atoms with van der Waals surface area (Å²) in [7, 11) is -0.249. The maximum atomic E-state index is 5.19. The zero-order valence-electron chi connectivity index (χ0n) is 9.34. The second kappa shape index (κ2) is 8.52. The summed E-state index contributed by atoms with van der Waals surface area (Å²) < 4.78 is 0. The van der Waals surface area contributed by atoms with Gasteiger partial charge < -0.3 is 0 Å². The number of rotatable bonds is 2. The third-order valence-corrected chi connectivity index (χ3v) is 3.18. The average molecular weight is 224 g/mol. The number of hydrogen-bond acceptors (Lipinski definition) is 0. The highest BCUT2D eigenvalue weighted by atomic mass is 28.2. The Morgan fingerprint density at radius 2 is 1.25 bits per heavy atom. The van der Waals surface area contributed by atoms with Gasteiger partial charge in [0.15, 0.2) is 0 Å². The average Bonchev–Trinajstić information content (AvgIpc) is 2.40. The molecule has 0 bridgehead atoms. The van der Waals surface area contributed by atoms with Crippen molar-refractivity contribution >= 4 is 9.52 Å². The normalized spacial score (nSPS) is 9.19. The molecular weight excluding hydrogens is 208 g/mol. The van der Waals surface area contributed by atoms with E-state index in [2.05, 4.69) is 29.8 Å². The third-order valence-electron chi connectivity index (χ3n) is 2.07. The molecule has 0 atom stereocenters. The van der Waals surface area contributed by atoms with Crippen molar-refractivity contribution in [3.8, 4) is 12.0 Å². The van der Waals surface area contributed by atoms with Gasteiger partial charge >= 0.3 is 0 Å². The fraction of sp³-hybridized carbons (Fsp3) is 0.0667. The van der Waals surface area contributed by atoms with Crippen LogP contribution in [-0.4, -0.2) is 9.52 Å². The van der Waals surface area contributed by atoms with Crippen LogP contribution in [0.5, 0.6) is 0 Å². The lowest BCUT2D eigenvalue weighted by Gasteiger charge is -1.93. The molecule has 0 heterocycles. The Morgan fingerprint density at radius 1 is 0.812 bits per heavy atom. The first-order chi connectivity index (χ1) is 7.93. The van der Waals surface area contributed by atoms with Crippen LogP contribution in [0.2, 0.25) is 0 Å². The lowest BCUT2D eigenvalue weighted by molar-refractivity contribution is 1.39. The van der Waals surface area contributed by atoms with E-state index < -0.39 is 0 Å².